The van der Waals surface area contributed by atoms with Gasteiger partial charge in [0.25, 0.3) is 17.8 Å². The topological polar surface area (TPSA) is 108 Å². The molecule has 9 heteroatoms. The van der Waals surface area contributed by atoms with Crippen molar-refractivity contribution in [2.24, 2.45) is 4.99 Å². The standard InChI is InChI=1S/C17H28N5O4/c1-20-15-14(16(25)21(2)17(20)26)22(13(10-23)19-15)9-12(24)8-18-11-6-4-3-5-7-11/h11-12,14,18,23-24H,3-10H2,1-2H3/q+1. The smallest absolute Gasteiger partial charge is 0.333 e. The van der Waals surface area contributed by atoms with Crippen LogP contribution in [0.2, 0.25) is 0 Å². The van der Waals surface area contributed by atoms with Crippen molar-refractivity contribution in [2.45, 2.75) is 50.3 Å². The number of β-amino-alcohol motifs (C(OH)–C–C–N with tert-alkyl or cyclic N) is 1. The number of nitrogens with zero attached hydrogens (tertiary/aromatic N) is 4. The van der Waals surface area contributed by atoms with E-state index in [2.05, 4.69) is 10.3 Å². The summed E-state index contributed by atoms with van der Waals surface area (Å²) in [5.74, 6) is 0.197. The van der Waals surface area contributed by atoms with Gasteiger partial charge in [-0.25, -0.2) is 9.37 Å². The Kier molecular flexibility index (Phi) is 5.69. The molecular formula is C17H28N5O4+. The predicted molar refractivity (Wildman–Crippen MR) is 95.3 cm³/mol. The lowest BCUT2D eigenvalue weighted by Gasteiger charge is -2.31. The van der Waals surface area contributed by atoms with Crippen molar-refractivity contribution in [2.75, 3.05) is 33.8 Å². The number of amidine groups is 2. The van der Waals surface area contributed by atoms with Gasteiger partial charge in [0.2, 0.25) is 0 Å². The van der Waals surface area contributed by atoms with E-state index in [0.717, 1.165) is 17.7 Å². The van der Waals surface area contributed by atoms with E-state index >= 15 is 0 Å². The zero-order chi connectivity index (χ0) is 18.8. The first-order chi connectivity index (χ1) is 12.4. The largest absolute Gasteiger partial charge is 0.388 e. The van der Waals surface area contributed by atoms with Crippen molar-refractivity contribution in [1.82, 2.24) is 15.1 Å². The zero-order valence-corrected chi connectivity index (χ0v) is 15.4. The van der Waals surface area contributed by atoms with Crippen LogP contribution < -0.4 is 5.32 Å². The van der Waals surface area contributed by atoms with Gasteiger partial charge in [0.05, 0.1) is 0 Å². The molecule has 3 N–H and O–H groups in total. The van der Waals surface area contributed by atoms with Crippen LogP contribution in [0, 0.1) is 0 Å². The van der Waals surface area contributed by atoms with Gasteiger partial charge in [-0.1, -0.05) is 19.3 Å². The Morgan fingerprint density at radius 2 is 1.92 bits per heavy atom. The molecule has 2 aliphatic heterocycles. The fraction of sp³-hybridized carbons (Fsp3) is 0.765. The quantitative estimate of drug-likeness (QED) is 0.522. The number of aliphatic hydroxyl groups excluding tert-OH is 2. The van der Waals surface area contributed by atoms with E-state index < -0.39 is 24.1 Å². The molecule has 0 spiro atoms. The third-order valence-corrected chi connectivity index (χ3v) is 5.41. The van der Waals surface area contributed by atoms with E-state index in [1.165, 1.54) is 31.2 Å². The molecule has 3 aliphatic rings. The Labute approximate surface area is 153 Å². The molecule has 0 aromatic rings. The van der Waals surface area contributed by atoms with Crippen LogP contribution in [0.25, 0.3) is 0 Å². The summed E-state index contributed by atoms with van der Waals surface area (Å²) in [6.45, 7) is 0.220. The number of aliphatic hydroxyl groups is 2. The second-order valence-corrected chi connectivity index (χ2v) is 7.24. The first-order valence-corrected chi connectivity index (χ1v) is 9.22. The van der Waals surface area contributed by atoms with E-state index in [0.29, 0.717) is 24.3 Å². The maximum Gasteiger partial charge on any atom is 0.333 e. The summed E-state index contributed by atoms with van der Waals surface area (Å²) in [5.41, 5.74) is 0. The highest BCUT2D eigenvalue weighted by atomic mass is 16.3. The van der Waals surface area contributed by atoms with Gasteiger partial charge in [-0.3, -0.25) is 14.6 Å². The van der Waals surface area contributed by atoms with E-state index in [1.54, 1.807) is 11.6 Å². The highest BCUT2D eigenvalue weighted by Gasteiger charge is 2.53. The molecule has 0 radical (unpaired) electrons. The van der Waals surface area contributed by atoms with Crippen molar-refractivity contribution in [3.05, 3.63) is 0 Å². The molecule has 1 saturated carbocycles. The summed E-state index contributed by atoms with van der Waals surface area (Å²) in [6.07, 6.45) is 5.22. The first kappa shape index (κ1) is 18.9. The lowest BCUT2D eigenvalue weighted by Crippen LogP contribution is -2.62. The van der Waals surface area contributed by atoms with E-state index in [4.69, 9.17) is 0 Å². The average Bonchev–Trinajstić information content (AvgIpc) is 3.02. The molecule has 0 aromatic carbocycles. The summed E-state index contributed by atoms with van der Waals surface area (Å²) in [5, 5.41) is 23.5. The van der Waals surface area contributed by atoms with Gasteiger partial charge in [0, 0.05) is 26.7 Å². The average molecular weight is 366 g/mol. The Bertz CT molecular complexity index is 641. The van der Waals surface area contributed by atoms with E-state index in [9.17, 15) is 19.8 Å². The van der Waals surface area contributed by atoms with Crippen molar-refractivity contribution < 1.29 is 24.4 Å². The maximum atomic E-state index is 12.6. The lowest BCUT2D eigenvalue weighted by atomic mass is 9.95. The minimum absolute atomic E-state index is 0.162. The molecule has 2 unspecified atom stereocenters. The number of likely N-dealkylation sites (N-methyl/N-ethyl adjacent to an activating group) is 2. The minimum Gasteiger partial charge on any atom is -0.388 e. The fourth-order valence-electron chi connectivity index (χ4n) is 3.89. The van der Waals surface area contributed by atoms with Crippen LogP contribution in [-0.2, 0) is 4.79 Å². The molecule has 3 rings (SSSR count). The predicted octanol–water partition coefficient (Wildman–Crippen LogP) is -1.02. The number of carbonyl (C=O) groups is 2. The number of carbonyl (C=O) groups excluding carboxylic acids is 2. The highest BCUT2D eigenvalue weighted by molar-refractivity contribution is 6.22. The zero-order valence-electron chi connectivity index (χ0n) is 15.4. The number of urea groups is 1. The summed E-state index contributed by atoms with van der Waals surface area (Å²) in [7, 11) is 2.98. The van der Waals surface area contributed by atoms with E-state index in [-0.39, 0.29) is 13.2 Å². The molecule has 2 heterocycles. The number of fused-ring (bicyclic) bond motifs is 1. The van der Waals surface area contributed by atoms with Gasteiger partial charge < -0.3 is 15.5 Å². The molecule has 144 valence electrons. The molecular weight excluding hydrogens is 338 g/mol. The van der Waals surface area contributed by atoms with Gasteiger partial charge in [-0.2, -0.15) is 0 Å². The second-order valence-electron chi connectivity index (χ2n) is 7.24. The number of hydrogen-bond donors (Lipinski definition) is 3. The van der Waals surface area contributed by atoms with Gasteiger partial charge in [-0.15, -0.1) is 0 Å². The molecule has 0 aromatic heterocycles. The SMILES string of the molecule is CN1C(=O)C2C(=NC(CO)=[N+]2CC(O)CNC2CCCCC2)N(C)C1=O. The Morgan fingerprint density at radius 3 is 2.58 bits per heavy atom. The molecule has 2 atom stereocenters. The van der Waals surface area contributed by atoms with Crippen molar-refractivity contribution in [1.29, 1.82) is 0 Å². The number of nitrogens with one attached hydrogen (secondary N) is 1. The summed E-state index contributed by atoms with van der Waals surface area (Å²) < 4.78 is 1.60. The van der Waals surface area contributed by atoms with Crippen LogP contribution in [0.4, 0.5) is 4.79 Å². The monoisotopic (exact) mass is 366 g/mol. The number of amides is 3. The van der Waals surface area contributed by atoms with Crippen LogP contribution in [0.3, 0.4) is 0 Å². The Morgan fingerprint density at radius 1 is 1.23 bits per heavy atom. The number of aliphatic imine (C=N–C) groups is 1. The molecule has 0 bridgehead atoms. The lowest BCUT2D eigenvalue weighted by molar-refractivity contribution is -0.544. The van der Waals surface area contributed by atoms with Gasteiger partial charge >= 0.3 is 11.9 Å². The fourth-order valence-corrected chi connectivity index (χ4v) is 3.89. The summed E-state index contributed by atoms with van der Waals surface area (Å²) in [6, 6.07) is -0.811. The normalized spacial score (nSPS) is 25.7. The van der Waals surface area contributed by atoms with Gasteiger partial charge in [0.15, 0.2) is 0 Å². The molecule has 2 fully saturated rings. The third kappa shape index (κ3) is 3.51. The molecule has 3 amide bonds. The van der Waals surface area contributed by atoms with Gasteiger partial charge in [0.1, 0.15) is 19.3 Å². The Balaban J connectivity index is 1.68. The highest BCUT2D eigenvalue weighted by Crippen LogP contribution is 2.20. The van der Waals surface area contributed by atoms with Crippen molar-refractivity contribution in [3.63, 3.8) is 0 Å². The van der Waals surface area contributed by atoms with Crippen LogP contribution >= 0.6 is 0 Å². The van der Waals surface area contributed by atoms with Crippen LogP contribution in [-0.4, -0.2) is 100 Å². The summed E-state index contributed by atoms with van der Waals surface area (Å²) >= 11 is 0. The van der Waals surface area contributed by atoms with Gasteiger partial charge in [-0.05, 0) is 17.8 Å². The molecule has 1 aliphatic carbocycles. The number of rotatable bonds is 6. The summed E-state index contributed by atoms with van der Waals surface area (Å²) in [4.78, 5) is 31.3. The maximum absolute atomic E-state index is 12.6. The van der Waals surface area contributed by atoms with E-state index in [1.807, 2.05) is 0 Å². The number of imide groups is 1. The molecule has 26 heavy (non-hydrogen) atoms. The molecule has 1 saturated heterocycles. The molecule has 9 nitrogen and oxygen atoms in total. The Hall–Kier alpha value is -1.84. The van der Waals surface area contributed by atoms with Crippen molar-refractivity contribution >= 4 is 23.6 Å². The number of hydrogen-bond acceptors (Lipinski definition) is 6. The van der Waals surface area contributed by atoms with Crippen LogP contribution in [0.5, 0.6) is 0 Å². The first-order valence-electron chi connectivity index (χ1n) is 9.22. The minimum atomic E-state index is -0.783. The van der Waals surface area contributed by atoms with Crippen LogP contribution in [0.15, 0.2) is 4.99 Å². The van der Waals surface area contributed by atoms with Crippen molar-refractivity contribution in [3.8, 4) is 0 Å². The second kappa shape index (κ2) is 7.81. The van der Waals surface area contributed by atoms with Crippen LogP contribution in [0.1, 0.15) is 32.1 Å². The third-order valence-electron chi connectivity index (χ3n) is 5.41.